The lowest BCUT2D eigenvalue weighted by Crippen LogP contribution is -2.30. The third kappa shape index (κ3) is 8.62. The third-order valence-electron chi connectivity index (χ3n) is 5.44. The van der Waals surface area contributed by atoms with E-state index in [4.69, 9.17) is 10.5 Å². The largest absolute Gasteiger partial charge is 0.489 e. The smallest absolute Gasteiger partial charge is 0.272 e. The molecule has 0 aliphatic rings. The van der Waals surface area contributed by atoms with Crippen LogP contribution in [0.4, 0.5) is 5.69 Å². The van der Waals surface area contributed by atoms with Crippen LogP contribution in [-0.4, -0.2) is 23.5 Å². The maximum absolute atomic E-state index is 13.3. The molecule has 0 fully saturated rings. The summed E-state index contributed by atoms with van der Waals surface area (Å²) in [6.07, 6.45) is 1.60. The van der Waals surface area contributed by atoms with E-state index in [1.807, 2.05) is 66.7 Å². The number of nitrogens with two attached hydrogens (primary N) is 1. The number of nitrogens with one attached hydrogen (secondary N) is 2. The molecule has 0 aromatic heterocycles. The second-order valence-corrected chi connectivity index (χ2v) is 9.51. The summed E-state index contributed by atoms with van der Waals surface area (Å²) < 4.78 is 5.85. The van der Waals surface area contributed by atoms with Crippen molar-refractivity contribution in [3.8, 4) is 5.75 Å². The predicted molar refractivity (Wildman–Crippen MR) is 154 cm³/mol. The molecule has 4 rings (SSSR count). The molecule has 4 aromatic rings. The van der Waals surface area contributed by atoms with Crippen LogP contribution in [0.2, 0.25) is 0 Å². The van der Waals surface area contributed by atoms with Crippen LogP contribution in [0.1, 0.15) is 21.5 Å². The molecular weight excluding hydrogens is 510 g/mol. The Morgan fingerprint density at radius 1 is 0.821 bits per heavy atom. The lowest BCUT2D eigenvalue weighted by molar-refractivity contribution is -0.115. The van der Waals surface area contributed by atoms with Crippen LogP contribution in [0, 0.1) is 0 Å². The second-order valence-electron chi connectivity index (χ2n) is 8.46. The molecule has 4 N–H and O–H groups in total. The summed E-state index contributed by atoms with van der Waals surface area (Å²) in [5, 5.41) is 5.55. The molecule has 7 nitrogen and oxygen atoms in total. The van der Waals surface area contributed by atoms with E-state index in [0.29, 0.717) is 29.2 Å². The molecule has 0 spiro atoms. The molecule has 0 bridgehead atoms. The van der Waals surface area contributed by atoms with Crippen LogP contribution in [0.25, 0.3) is 6.08 Å². The number of carbonyl (C=O) groups is 3. The monoisotopic (exact) mass is 537 g/mol. The van der Waals surface area contributed by atoms with Crippen molar-refractivity contribution in [2.75, 3.05) is 11.1 Å². The van der Waals surface area contributed by atoms with Gasteiger partial charge >= 0.3 is 0 Å². The van der Waals surface area contributed by atoms with Crippen molar-refractivity contribution >= 4 is 41.2 Å². The number of hydrogen-bond acceptors (Lipinski definition) is 5. The number of carbonyl (C=O) groups excluding carboxylic acids is 3. The van der Waals surface area contributed by atoms with Crippen LogP contribution in [0.15, 0.2) is 120 Å². The van der Waals surface area contributed by atoms with Gasteiger partial charge in [0.1, 0.15) is 18.1 Å². The first-order valence-electron chi connectivity index (χ1n) is 12.1. The van der Waals surface area contributed by atoms with E-state index in [-0.39, 0.29) is 11.4 Å². The van der Waals surface area contributed by atoms with Crippen molar-refractivity contribution in [3.05, 3.63) is 132 Å². The Morgan fingerprint density at radius 3 is 2.21 bits per heavy atom. The van der Waals surface area contributed by atoms with Crippen LogP contribution in [-0.2, 0) is 16.2 Å². The van der Waals surface area contributed by atoms with E-state index >= 15 is 0 Å². The van der Waals surface area contributed by atoms with E-state index in [9.17, 15) is 14.4 Å². The van der Waals surface area contributed by atoms with Crippen molar-refractivity contribution in [3.63, 3.8) is 0 Å². The molecule has 0 aliphatic heterocycles. The highest BCUT2D eigenvalue weighted by molar-refractivity contribution is 8.00. The maximum Gasteiger partial charge on any atom is 0.272 e. The minimum Gasteiger partial charge on any atom is -0.489 e. The summed E-state index contributed by atoms with van der Waals surface area (Å²) >= 11 is 1.27. The van der Waals surface area contributed by atoms with Crippen LogP contribution >= 0.6 is 11.8 Å². The zero-order chi connectivity index (χ0) is 27.5. The fraction of sp³-hybridized carbons (Fsp3) is 0.0645. The quantitative estimate of drug-likeness (QED) is 0.179. The van der Waals surface area contributed by atoms with Gasteiger partial charge in [0.25, 0.3) is 11.8 Å². The van der Waals surface area contributed by atoms with Gasteiger partial charge in [0, 0.05) is 16.1 Å². The highest BCUT2D eigenvalue weighted by Crippen LogP contribution is 2.22. The SMILES string of the molecule is NC(=O)CSc1cccc(NC(=O)/C(=C\c2ccc(OCc3ccccc3)cc2)NC(=O)c2ccccc2)c1. The van der Waals surface area contributed by atoms with Crippen LogP contribution in [0.5, 0.6) is 5.75 Å². The molecule has 4 aromatic carbocycles. The Hall–Kier alpha value is -4.82. The van der Waals surface area contributed by atoms with Crippen LogP contribution < -0.4 is 21.1 Å². The number of amides is 3. The van der Waals surface area contributed by atoms with E-state index in [1.165, 1.54) is 11.8 Å². The summed E-state index contributed by atoms with van der Waals surface area (Å²) in [4.78, 5) is 38.1. The van der Waals surface area contributed by atoms with Gasteiger partial charge in [-0.25, -0.2) is 0 Å². The zero-order valence-corrected chi connectivity index (χ0v) is 21.8. The maximum atomic E-state index is 13.3. The van der Waals surface area contributed by atoms with Crippen molar-refractivity contribution < 1.29 is 19.1 Å². The molecule has 0 saturated carbocycles. The molecule has 8 heteroatoms. The summed E-state index contributed by atoms with van der Waals surface area (Å²) in [5.74, 6) is -0.535. The first kappa shape index (κ1) is 27.2. The van der Waals surface area contributed by atoms with Crippen molar-refractivity contribution in [1.82, 2.24) is 5.32 Å². The summed E-state index contributed by atoms with van der Waals surface area (Å²) in [7, 11) is 0. The highest BCUT2D eigenvalue weighted by atomic mass is 32.2. The lowest BCUT2D eigenvalue weighted by Gasteiger charge is -2.12. The molecule has 0 radical (unpaired) electrons. The summed E-state index contributed by atoms with van der Waals surface area (Å²) in [6, 6.07) is 32.8. The van der Waals surface area contributed by atoms with Gasteiger partial charge in [-0.2, -0.15) is 0 Å². The van der Waals surface area contributed by atoms with Gasteiger partial charge in [-0.05, 0) is 59.7 Å². The van der Waals surface area contributed by atoms with E-state index in [1.54, 1.807) is 48.5 Å². The molecular formula is C31H27N3O4S. The number of hydrogen-bond donors (Lipinski definition) is 3. The first-order chi connectivity index (χ1) is 19.0. The van der Waals surface area contributed by atoms with E-state index in [0.717, 1.165) is 10.5 Å². The fourth-order valence-electron chi connectivity index (χ4n) is 3.53. The van der Waals surface area contributed by atoms with Gasteiger partial charge in [-0.3, -0.25) is 14.4 Å². The molecule has 0 heterocycles. The Bertz CT molecular complexity index is 1460. The van der Waals surface area contributed by atoms with Gasteiger partial charge < -0.3 is 21.1 Å². The van der Waals surface area contributed by atoms with Crippen LogP contribution in [0.3, 0.4) is 0 Å². The van der Waals surface area contributed by atoms with E-state index in [2.05, 4.69) is 10.6 Å². The van der Waals surface area contributed by atoms with E-state index < -0.39 is 17.7 Å². The summed E-state index contributed by atoms with van der Waals surface area (Å²) in [6.45, 7) is 0.438. The highest BCUT2D eigenvalue weighted by Gasteiger charge is 2.15. The Morgan fingerprint density at radius 2 is 1.51 bits per heavy atom. The van der Waals surface area contributed by atoms with Crippen molar-refractivity contribution in [2.45, 2.75) is 11.5 Å². The fourth-order valence-corrected chi connectivity index (χ4v) is 4.22. The number of benzene rings is 4. The predicted octanol–water partition coefficient (Wildman–Crippen LogP) is 5.25. The molecule has 0 saturated heterocycles. The standard InChI is InChI=1S/C31H27N3O4S/c32-29(35)21-39-27-13-7-12-25(19-27)33-31(37)28(34-30(36)24-10-5-2-6-11-24)18-22-14-16-26(17-15-22)38-20-23-8-3-1-4-9-23/h1-19H,20-21H2,(H2,32,35)(H,33,37)(H,34,36)/b28-18+. The Kier molecular flexibility index (Phi) is 9.52. The number of ether oxygens (including phenoxy) is 1. The average Bonchev–Trinajstić information content (AvgIpc) is 2.96. The average molecular weight is 538 g/mol. The topological polar surface area (TPSA) is 111 Å². The van der Waals surface area contributed by atoms with Gasteiger partial charge in [0.2, 0.25) is 5.91 Å². The van der Waals surface area contributed by atoms with Gasteiger partial charge in [-0.15, -0.1) is 11.8 Å². The normalized spacial score (nSPS) is 10.9. The zero-order valence-electron chi connectivity index (χ0n) is 21.0. The molecule has 3 amide bonds. The minimum absolute atomic E-state index is 0.0667. The first-order valence-corrected chi connectivity index (χ1v) is 13.1. The number of anilines is 1. The lowest BCUT2D eigenvalue weighted by atomic mass is 10.1. The van der Waals surface area contributed by atoms with Gasteiger partial charge in [-0.1, -0.05) is 66.7 Å². The third-order valence-corrected chi connectivity index (χ3v) is 6.46. The summed E-state index contributed by atoms with van der Waals surface area (Å²) in [5.41, 5.74) is 7.99. The Labute approximate surface area is 231 Å². The minimum atomic E-state index is -0.499. The number of thioether (sulfide) groups is 1. The van der Waals surface area contributed by atoms with Crippen molar-refractivity contribution in [1.29, 1.82) is 0 Å². The molecule has 0 unspecified atom stereocenters. The van der Waals surface area contributed by atoms with Crippen molar-refractivity contribution in [2.24, 2.45) is 5.73 Å². The molecule has 196 valence electrons. The molecule has 39 heavy (non-hydrogen) atoms. The van der Waals surface area contributed by atoms with Gasteiger partial charge in [0.15, 0.2) is 0 Å². The number of rotatable bonds is 11. The van der Waals surface area contributed by atoms with Gasteiger partial charge in [0.05, 0.1) is 5.75 Å². The Balaban J connectivity index is 1.51. The molecule has 0 aliphatic carbocycles. The number of primary amides is 1. The molecule has 0 atom stereocenters. The second kappa shape index (κ2) is 13.6.